The number of benzene rings is 2. The lowest BCUT2D eigenvalue weighted by molar-refractivity contribution is 0.0954. The van der Waals surface area contributed by atoms with Gasteiger partial charge in [0.05, 0.1) is 7.11 Å². The smallest absolute Gasteiger partial charge is 0.251 e. The molecular formula is C20H25FN4O2. The van der Waals surface area contributed by atoms with E-state index in [4.69, 9.17) is 10.5 Å². The summed E-state index contributed by atoms with van der Waals surface area (Å²) in [5.74, 6) is 0.415. The van der Waals surface area contributed by atoms with Crippen molar-refractivity contribution in [2.45, 2.75) is 13.3 Å². The van der Waals surface area contributed by atoms with E-state index in [9.17, 15) is 9.18 Å². The summed E-state index contributed by atoms with van der Waals surface area (Å²) in [6.07, 6.45) is 0.766. The van der Waals surface area contributed by atoms with Gasteiger partial charge in [0.2, 0.25) is 0 Å². The molecule has 27 heavy (non-hydrogen) atoms. The Morgan fingerprint density at radius 2 is 1.85 bits per heavy atom. The second kappa shape index (κ2) is 10.2. The Hall–Kier alpha value is -3.09. The van der Waals surface area contributed by atoms with E-state index >= 15 is 0 Å². The first-order valence-electron chi connectivity index (χ1n) is 8.70. The summed E-state index contributed by atoms with van der Waals surface area (Å²) in [7, 11) is 1.63. The molecule has 1 amide bonds. The van der Waals surface area contributed by atoms with Gasteiger partial charge in [0.15, 0.2) is 5.96 Å². The van der Waals surface area contributed by atoms with Crippen LogP contribution in [0.4, 0.5) is 4.39 Å². The van der Waals surface area contributed by atoms with Gasteiger partial charge >= 0.3 is 0 Å². The number of carbonyl (C=O) groups excluding carboxylic acids is 1. The third kappa shape index (κ3) is 6.62. The van der Waals surface area contributed by atoms with Crippen LogP contribution in [-0.4, -0.2) is 38.6 Å². The van der Waals surface area contributed by atoms with E-state index in [0.717, 1.165) is 17.7 Å². The molecule has 2 aromatic rings. The SMILES string of the molecule is COc1ccc(CCN=C(N)NCCNC(=O)c2ccc(C)c(F)c2)cc1. The molecule has 0 saturated carbocycles. The number of nitrogens with zero attached hydrogens (tertiary/aromatic N) is 1. The summed E-state index contributed by atoms with van der Waals surface area (Å²) < 4.78 is 18.6. The number of ether oxygens (including phenoxy) is 1. The number of carbonyl (C=O) groups is 1. The van der Waals surface area contributed by atoms with Crippen molar-refractivity contribution >= 4 is 11.9 Å². The molecule has 0 aliphatic carbocycles. The minimum Gasteiger partial charge on any atom is -0.497 e. The van der Waals surface area contributed by atoms with Crippen molar-refractivity contribution in [2.75, 3.05) is 26.7 Å². The first-order valence-corrected chi connectivity index (χ1v) is 8.70. The van der Waals surface area contributed by atoms with E-state index in [1.54, 1.807) is 26.2 Å². The highest BCUT2D eigenvalue weighted by Gasteiger charge is 2.07. The molecule has 0 radical (unpaired) electrons. The number of halogens is 1. The van der Waals surface area contributed by atoms with Crippen LogP contribution in [0, 0.1) is 12.7 Å². The fraction of sp³-hybridized carbons (Fsp3) is 0.300. The number of nitrogens with two attached hydrogens (primary N) is 1. The molecule has 6 nitrogen and oxygen atoms in total. The van der Waals surface area contributed by atoms with Gasteiger partial charge in [-0.3, -0.25) is 9.79 Å². The molecule has 0 heterocycles. The van der Waals surface area contributed by atoms with Gasteiger partial charge in [0.1, 0.15) is 11.6 Å². The van der Waals surface area contributed by atoms with E-state index < -0.39 is 5.82 Å². The van der Waals surface area contributed by atoms with Gasteiger partial charge in [-0.25, -0.2) is 4.39 Å². The third-order valence-electron chi connectivity index (χ3n) is 3.99. The highest BCUT2D eigenvalue weighted by Crippen LogP contribution is 2.11. The zero-order valence-electron chi connectivity index (χ0n) is 15.6. The Balaban J connectivity index is 1.67. The van der Waals surface area contributed by atoms with E-state index in [-0.39, 0.29) is 5.91 Å². The zero-order valence-corrected chi connectivity index (χ0v) is 15.6. The molecule has 0 aromatic heterocycles. The summed E-state index contributed by atoms with van der Waals surface area (Å²) in [5.41, 5.74) is 7.75. The quantitative estimate of drug-likeness (QED) is 0.376. The molecular weight excluding hydrogens is 347 g/mol. The van der Waals surface area contributed by atoms with Crippen LogP contribution >= 0.6 is 0 Å². The average molecular weight is 372 g/mol. The normalized spacial score (nSPS) is 11.1. The van der Waals surface area contributed by atoms with Crippen molar-refractivity contribution in [2.24, 2.45) is 10.7 Å². The maximum Gasteiger partial charge on any atom is 0.251 e. The van der Waals surface area contributed by atoms with E-state index in [0.29, 0.717) is 36.7 Å². The van der Waals surface area contributed by atoms with Crippen LogP contribution in [0.3, 0.4) is 0 Å². The molecule has 0 aliphatic heterocycles. The molecule has 0 atom stereocenters. The first-order chi connectivity index (χ1) is 13.0. The van der Waals surface area contributed by atoms with E-state index in [1.165, 1.54) is 6.07 Å². The van der Waals surface area contributed by atoms with Gasteiger partial charge in [-0.05, 0) is 48.7 Å². The summed E-state index contributed by atoms with van der Waals surface area (Å²) in [5, 5.41) is 5.64. The van der Waals surface area contributed by atoms with Crippen LogP contribution in [-0.2, 0) is 6.42 Å². The fourth-order valence-electron chi connectivity index (χ4n) is 2.36. The second-order valence-corrected chi connectivity index (χ2v) is 6.01. The van der Waals surface area contributed by atoms with Crippen molar-refractivity contribution in [3.05, 3.63) is 65.0 Å². The first kappa shape index (κ1) is 20.2. The number of nitrogens with one attached hydrogen (secondary N) is 2. The Kier molecular flexibility index (Phi) is 7.61. The number of aliphatic imine (C=N–C) groups is 1. The number of hydrogen-bond donors (Lipinski definition) is 3. The van der Waals surface area contributed by atoms with Gasteiger partial charge in [-0.15, -0.1) is 0 Å². The van der Waals surface area contributed by atoms with Gasteiger partial charge in [0, 0.05) is 25.2 Å². The predicted octanol–water partition coefficient (Wildman–Crippen LogP) is 2.02. The Morgan fingerprint density at radius 1 is 1.15 bits per heavy atom. The fourth-order valence-corrected chi connectivity index (χ4v) is 2.36. The Morgan fingerprint density at radius 3 is 2.52 bits per heavy atom. The van der Waals surface area contributed by atoms with Gasteiger partial charge < -0.3 is 21.1 Å². The van der Waals surface area contributed by atoms with Crippen molar-refractivity contribution in [1.82, 2.24) is 10.6 Å². The lowest BCUT2D eigenvalue weighted by atomic mass is 10.1. The van der Waals surface area contributed by atoms with Crippen LogP contribution in [0.15, 0.2) is 47.5 Å². The molecule has 0 fully saturated rings. The molecule has 2 rings (SSSR count). The summed E-state index contributed by atoms with van der Waals surface area (Å²) in [6, 6.07) is 12.2. The molecule has 0 unspecified atom stereocenters. The molecule has 0 saturated heterocycles. The number of rotatable bonds is 8. The molecule has 2 aromatic carbocycles. The van der Waals surface area contributed by atoms with Crippen molar-refractivity contribution in [1.29, 1.82) is 0 Å². The topological polar surface area (TPSA) is 88.7 Å². The van der Waals surface area contributed by atoms with Crippen LogP contribution in [0.5, 0.6) is 5.75 Å². The third-order valence-corrected chi connectivity index (χ3v) is 3.99. The van der Waals surface area contributed by atoms with Gasteiger partial charge in [0.25, 0.3) is 5.91 Å². The van der Waals surface area contributed by atoms with Gasteiger partial charge in [-0.2, -0.15) is 0 Å². The van der Waals surface area contributed by atoms with Crippen molar-refractivity contribution in [3.8, 4) is 5.75 Å². The number of methoxy groups -OCH3 is 1. The minimum atomic E-state index is -0.394. The Labute approximate surface area is 158 Å². The molecule has 4 N–H and O–H groups in total. The summed E-state index contributed by atoms with van der Waals surface area (Å²) >= 11 is 0. The molecule has 0 bridgehead atoms. The number of guanidine groups is 1. The van der Waals surface area contributed by atoms with E-state index in [2.05, 4.69) is 15.6 Å². The standard InChI is InChI=1S/C20H25FN4O2/c1-14-3-6-16(13-18(14)21)19(26)23-11-12-25-20(22)24-10-9-15-4-7-17(27-2)8-5-15/h3-8,13H,9-12H2,1-2H3,(H,23,26)(H3,22,24,25). The second-order valence-electron chi connectivity index (χ2n) is 6.01. The maximum absolute atomic E-state index is 13.5. The average Bonchev–Trinajstić information content (AvgIpc) is 2.67. The van der Waals surface area contributed by atoms with E-state index in [1.807, 2.05) is 24.3 Å². The summed E-state index contributed by atoms with van der Waals surface area (Å²) in [4.78, 5) is 16.2. The minimum absolute atomic E-state index is 0.291. The van der Waals surface area contributed by atoms with Crippen LogP contribution < -0.4 is 21.1 Å². The molecule has 0 spiro atoms. The predicted molar refractivity (Wildman–Crippen MR) is 105 cm³/mol. The van der Waals surface area contributed by atoms with Crippen LogP contribution in [0.2, 0.25) is 0 Å². The number of aryl methyl sites for hydroxylation is 1. The number of hydrogen-bond acceptors (Lipinski definition) is 3. The highest BCUT2D eigenvalue weighted by atomic mass is 19.1. The van der Waals surface area contributed by atoms with Gasteiger partial charge in [-0.1, -0.05) is 18.2 Å². The van der Waals surface area contributed by atoms with Crippen molar-refractivity contribution in [3.63, 3.8) is 0 Å². The lowest BCUT2D eigenvalue weighted by Gasteiger charge is -2.08. The zero-order chi connectivity index (χ0) is 19.6. The Bertz CT molecular complexity index is 791. The van der Waals surface area contributed by atoms with Crippen LogP contribution in [0.25, 0.3) is 0 Å². The maximum atomic E-state index is 13.5. The van der Waals surface area contributed by atoms with Crippen molar-refractivity contribution < 1.29 is 13.9 Å². The summed E-state index contributed by atoms with van der Waals surface area (Å²) in [6.45, 7) is 2.98. The largest absolute Gasteiger partial charge is 0.497 e. The monoisotopic (exact) mass is 372 g/mol. The number of amides is 1. The molecule has 0 aliphatic rings. The van der Waals surface area contributed by atoms with Crippen LogP contribution in [0.1, 0.15) is 21.5 Å². The lowest BCUT2D eigenvalue weighted by Crippen LogP contribution is -2.38. The highest BCUT2D eigenvalue weighted by molar-refractivity contribution is 5.94. The molecule has 144 valence electrons. The molecule has 7 heteroatoms.